The first-order valence-corrected chi connectivity index (χ1v) is 15.0. The van der Waals surface area contributed by atoms with E-state index < -0.39 is 23.4 Å². The second kappa shape index (κ2) is 15.0. The van der Waals surface area contributed by atoms with Gasteiger partial charge in [-0.15, -0.1) is 0 Å². The average Bonchev–Trinajstić information content (AvgIpc) is 2.99. The van der Waals surface area contributed by atoms with Crippen LogP contribution in [0.4, 0.5) is 13.2 Å². The molecule has 0 spiro atoms. The van der Waals surface area contributed by atoms with Crippen LogP contribution >= 0.6 is 0 Å². The van der Waals surface area contributed by atoms with Crippen LogP contribution in [0.3, 0.4) is 0 Å². The molecule has 3 aromatic carbocycles. The summed E-state index contributed by atoms with van der Waals surface area (Å²) in [4.78, 5) is 22.4. The van der Waals surface area contributed by atoms with E-state index in [9.17, 15) is 9.59 Å². The first-order chi connectivity index (χ1) is 20.7. The molecule has 1 aliphatic carbocycles. The standard InChI is InChI=1S/C36H39F3O4/c1-4-5-24-6-10-27(11-7-24)29-14-15-31(32(37)17-29)30-18-33(38)35(34(39)19-30)28-12-8-25(9-13-28)16-26(20-42-22-40)21-43-36(41)23(2)3/h8-9,12-15,17-19,22,24,26-27H,2,4-7,10-11,16,20-21H2,1,3H3. The normalized spacial score (nSPS) is 17.2. The Kier molecular flexibility index (Phi) is 11.2. The molecule has 1 atom stereocenters. The molecule has 0 aliphatic heterocycles. The SMILES string of the molecule is C=C(C)C(=O)OCC(COC=O)Cc1ccc(-c2c(F)cc(-c3ccc(C4CCC(CCC)CC4)cc3F)cc2F)cc1. The number of esters is 1. The first-order valence-electron chi connectivity index (χ1n) is 15.0. The predicted molar refractivity (Wildman–Crippen MR) is 162 cm³/mol. The summed E-state index contributed by atoms with van der Waals surface area (Å²) in [6, 6.07) is 14.0. The summed E-state index contributed by atoms with van der Waals surface area (Å²) in [6.07, 6.45) is 7.21. The number of ether oxygens (including phenoxy) is 2. The molecule has 4 rings (SSSR count). The molecule has 0 aromatic heterocycles. The van der Waals surface area contributed by atoms with Gasteiger partial charge in [-0.3, -0.25) is 4.79 Å². The molecule has 3 aromatic rings. The van der Waals surface area contributed by atoms with Gasteiger partial charge in [-0.25, -0.2) is 18.0 Å². The number of halogens is 3. The van der Waals surface area contributed by atoms with Crippen LogP contribution in [-0.4, -0.2) is 25.7 Å². The average molecular weight is 593 g/mol. The van der Waals surface area contributed by atoms with Crippen molar-refractivity contribution in [1.82, 2.24) is 0 Å². The lowest BCUT2D eigenvalue weighted by Gasteiger charge is -2.28. The van der Waals surface area contributed by atoms with Crippen molar-refractivity contribution in [2.75, 3.05) is 13.2 Å². The summed E-state index contributed by atoms with van der Waals surface area (Å²) >= 11 is 0. The Morgan fingerprint density at radius 3 is 2.19 bits per heavy atom. The smallest absolute Gasteiger partial charge is 0.333 e. The molecule has 7 heteroatoms. The Balaban J connectivity index is 1.47. The van der Waals surface area contributed by atoms with Crippen molar-refractivity contribution in [3.63, 3.8) is 0 Å². The van der Waals surface area contributed by atoms with E-state index in [-0.39, 0.29) is 41.4 Å². The summed E-state index contributed by atoms with van der Waals surface area (Å²) in [5, 5.41) is 0. The second-order valence-corrected chi connectivity index (χ2v) is 11.6. The van der Waals surface area contributed by atoms with Crippen molar-refractivity contribution in [3.05, 3.63) is 95.3 Å². The predicted octanol–water partition coefficient (Wildman–Crippen LogP) is 8.96. The van der Waals surface area contributed by atoms with Gasteiger partial charge in [0.2, 0.25) is 0 Å². The van der Waals surface area contributed by atoms with Crippen LogP contribution in [0.25, 0.3) is 22.3 Å². The minimum atomic E-state index is -0.788. The van der Waals surface area contributed by atoms with Gasteiger partial charge >= 0.3 is 5.97 Å². The molecular weight excluding hydrogens is 553 g/mol. The minimum Gasteiger partial charge on any atom is -0.467 e. The van der Waals surface area contributed by atoms with Crippen LogP contribution in [0.1, 0.15) is 69.4 Å². The molecule has 1 saturated carbocycles. The highest BCUT2D eigenvalue weighted by Crippen LogP contribution is 2.39. The molecule has 4 nitrogen and oxygen atoms in total. The third kappa shape index (κ3) is 8.37. The molecule has 0 saturated heterocycles. The van der Waals surface area contributed by atoms with E-state index in [1.54, 1.807) is 30.3 Å². The van der Waals surface area contributed by atoms with Gasteiger partial charge in [-0.2, -0.15) is 0 Å². The van der Waals surface area contributed by atoms with E-state index in [1.807, 2.05) is 6.07 Å². The maximum atomic E-state index is 15.3. The molecule has 1 aliphatic rings. The Hall–Kier alpha value is -3.87. The van der Waals surface area contributed by atoms with E-state index in [1.165, 1.54) is 38.0 Å². The van der Waals surface area contributed by atoms with Gasteiger partial charge in [0.1, 0.15) is 17.5 Å². The number of benzene rings is 3. The lowest BCUT2D eigenvalue weighted by Crippen LogP contribution is -2.21. The van der Waals surface area contributed by atoms with Crippen LogP contribution in [0.2, 0.25) is 0 Å². The zero-order valence-electron chi connectivity index (χ0n) is 24.8. The van der Waals surface area contributed by atoms with Crippen molar-refractivity contribution in [2.45, 2.75) is 64.7 Å². The van der Waals surface area contributed by atoms with Crippen LogP contribution in [-0.2, 0) is 25.5 Å². The molecule has 0 bridgehead atoms. The van der Waals surface area contributed by atoms with Gasteiger partial charge < -0.3 is 9.47 Å². The molecule has 1 unspecified atom stereocenters. The summed E-state index contributed by atoms with van der Waals surface area (Å²) in [5.74, 6) is -1.84. The van der Waals surface area contributed by atoms with Gasteiger partial charge in [0, 0.05) is 17.1 Å². The number of carbonyl (C=O) groups is 2. The second-order valence-electron chi connectivity index (χ2n) is 11.6. The maximum absolute atomic E-state index is 15.3. The molecule has 0 heterocycles. The van der Waals surface area contributed by atoms with Crippen LogP contribution in [0, 0.1) is 29.3 Å². The van der Waals surface area contributed by atoms with E-state index in [2.05, 4.69) is 13.5 Å². The Morgan fingerprint density at radius 1 is 0.930 bits per heavy atom. The number of hydrogen-bond acceptors (Lipinski definition) is 4. The summed E-state index contributed by atoms with van der Waals surface area (Å²) in [5.41, 5.74) is 2.44. The Morgan fingerprint density at radius 2 is 1.60 bits per heavy atom. The fourth-order valence-corrected chi connectivity index (χ4v) is 6.02. The van der Waals surface area contributed by atoms with E-state index >= 15 is 13.2 Å². The van der Waals surface area contributed by atoms with Gasteiger partial charge in [0.25, 0.3) is 6.47 Å². The zero-order chi connectivity index (χ0) is 30.9. The van der Waals surface area contributed by atoms with Crippen LogP contribution in [0.5, 0.6) is 0 Å². The quantitative estimate of drug-likeness (QED) is 0.113. The van der Waals surface area contributed by atoms with E-state index in [0.717, 1.165) is 42.7 Å². The van der Waals surface area contributed by atoms with E-state index in [4.69, 9.17) is 9.47 Å². The summed E-state index contributed by atoms with van der Waals surface area (Å²) in [6.45, 7) is 7.67. The number of carbonyl (C=O) groups excluding carboxylic acids is 2. The third-order valence-corrected chi connectivity index (χ3v) is 8.33. The molecule has 228 valence electrons. The topological polar surface area (TPSA) is 52.6 Å². The third-order valence-electron chi connectivity index (χ3n) is 8.33. The lowest BCUT2D eigenvalue weighted by molar-refractivity contribution is -0.141. The first kappa shape index (κ1) is 32.1. The van der Waals surface area contributed by atoms with Crippen molar-refractivity contribution in [2.24, 2.45) is 11.8 Å². The molecule has 0 radical (unpaired) electrons. The number of hydrogen-bond donors (Lipinski definition) is 0. The van der Waals surface area contributed by atoms with Crippen molar-refractivity contribution < 1.29 is 32.2 Å². The van der Waals surface area contributed by atoms with Gasteiger partial charge in [-0.05, 0) is 91.3 Å². The largest absolute Gasteiger partial charge is 0.467 e. The highest BCUT2D eigenvalue weighted by molar-refractivity contribution is 5.86. The number of rotatable bonds is 13. The maximum Gasteiger partial charge on any atom is 0.333 e. The van der Waals surface area contributed by atoms with Crippen LogP contribution < -0.4 is 0 Å². The molecule has 0 amide bonds. The summed E-state index contributed by atoms with van der Waals surface area (Å²) in [7, 11) is 0. The highest BCUT2D eigenvalue weighted by atomic mass is 19.1. The van der Waals surface area contributed by atoms with Crippen LogP contribution in [0.15, 0.2) is 66.7 Å². The van der Waals surface area contributed by atoms with Gasteiger partial charge in [-0.1, -0.05) is 62.7 Å². The monoisotopic (exact) mass is 592 g/mol. The fraction of sp³-hybridized carbons (Fsp3) is 0.389. The van der Waals surface area contributed by atoms with Crippen molar-refractivity contribution in [3.8, 4) is 22.3 Å². The van der Waals surface area contributed by atoms with Gasteiger partial charge in [0.15, 0.2) is 0 Å². The molecule has 0 N–H and O–H groups in total. The summed E-state index contributed by atoms with van der Waals surface area (Å²) < 4.78 is 55.9. The highest BCUT2D eigenvalue weighted by Gasteiger charge is 2.23. The minimum absolute atomic E-state index is 0.0175. The Bertz CT molecular complexity index is 1400. The van der Waals surface area contributed by atoms with Crippen molar-refractivity contribution in [1.29, 1.82) is 0 Å². The van der Waals surface area contributed by atoms with E-state index in [0.29, 0.717) is 24.4 Å². The zero-order valence-corrected chi connectivity index (χ0v) is 24.8. The lowest BCUT2D eigenvalue weighted by atomic mass is 9.77. The molecular formula is C36H39F3O4. The molecule has 1 fully saturated rings. The van der Waals surface area contributed by atoms with Gasteiger partial charge in [0.05, 0.1) is 18.8 Å². The van der Waals surface area contributed by atoms with Crippen molar-refractivity contribution >= 4 is 12.4 Å². The molecule has 43 heavy (non-hydrogen) atoms. The Labute approximate surface area is 251 Å². The fourth-order valence-electron chi connectivity index (χ4n) is 6.02.